The van der Waals surface area contributed by atoms with E-state index < -0.39 is 0 Å². The molecule has 0 saturated heterocycles. The van der Waals surface area contributed by atoms with Gasteiger partial charge in [-0.15, -0.1) is 0 Å². The summed E-state index contributed by atoms with van der Waals surface area (Å²) in [5.41, 5.74) is 0.810. The maximum atomic E-state index is 13.3. The van der Waals surface area contributed by atoms with Gasteiger partial charge in [-0.3, -0.25) is 0 Å². The molecule has 2 nitrogen and oxygen atoms in total. The summed E-state index contributed by atoms with van der Waals surface area (Å²) in [4.78, 5) is 0. The minimum absolute atomic E-state index is 0.218. The average Bonchev–Trinajstić information content (AvgIpc) is 2.80. The van der Waals surface area contributed by atoms with Gasteiger partial charge in [-0.25, -0.2) is 4.39 Å². The van der Waals surface area contributed by atoms with Crippen LogP contribution in [0.3, 0.4) is 0 Å². The van der Waals surface area contributed by atoms with E-state index in [1.165, 1.54) is 6.07 Å². The van der Waals surface area contributed by atoms with Crippen LogP contribution in [0.4, 0.5) is 4.39 Å². The molecule has 0 unspecified atom stereocenters. The van der Waals surface area contributed by atoms with Gasteiger partial charge in [0.2, 0.25) is 0 Å². The van der Waals surface area contributed by atoms with Crippen molar-refractivity contribution in [2.45, 2.75) is 6.61 Å². The molecule has 0 aliphatic rings. The Morgan fingerprint density at radius 2 is 1.78 bits per heavy atom. The minimum Gasteiger partial charge on any atom is -0.483 e. The van der Waals surface area contributed by atoms with Gasteiger partial charge in [0.25, 0.3) is 0 Å². The van der Waals surface area contributed by atoms with E-state index in [1.807, 2.05) is 30.3 Å². The standard InChI is InChI=1S/C15H11FO2/c16-13-6-2-4-8-15(13)17-10-12-9-11-5-1-3-7-14(11)18-12/h1-9H,10H2. The number of furan rings is 1. The second-order valence-corrected chi connectivity index (χ2v) is 3.97. The Labute approximate surface area is 104 Å². The number of hydrogen-bond acceptors (Lipinski definition) is 2. The van der Waals surface area contributed by atoms with Crippen molar-refractivity contribution >= 4 is 11.0 Å². The first-order valence-electron chi connectivity index (χ1n) is 5.68. The fraction of sp³-hybridized carbons (Fsp3) is 0.0667. The van der Waals surface area contributed by atoms with E-state index in [0.717, 1.165) is 11.0 Å². The van der Waals surface area contributed by atoms with Crippen molar-refractivity contribution in [3.05, 3.63) is 66.2 Å². The van der Waals surface area contributed by atoms with E-state index in [9.17, 15) is 4.39 Å². The lowest BCUT2D eigenvalue weighted by molar-refractivity contribution is 0.262. The van der Waals surface area contributed by atoms with Gasteiger partial charge >= 0.3 is 0 Å². The summed E-state index contributed by atoms with van der Waals surface area (Å²) in [6, 6.07) is 15.9. The Balaban J connectivity index is 1.79. The average molecular weight is 242 g/mol. The number of fused-ring (bicyclic) bond motifs is 1. The van der Waals surface area contributed by atoms with Crippen LogP contribution in [0, 0.1) is 5.82 Å². The van der Waals surface area contributed by atoms with Gasteiger partial charge in [-0.05, 0) is 24.3 Å². The van der Waals surface area contributed by atoms with E-state index in [0.29, 0.717) is 5.76 Å². The smallest absolute Gasteiger partial charge is 0.165 e. The highest BCUT2D eigenvalue weighted by Crippen LogP contribution is 2.21. The highest BCUT2D eigenvalue weighted by molar-refractivity contribution is 5.77. The van der Waals surface area contributed by atoms with Gasteiger partial charge in [-0.2, -0.15) is 0 Å². The molecule has 0 saturated carbocycles. The molecular weight excluding hydrogens is 231 g/mol. The SMILES string of the molecule is Fc1ccccc1OCc1cc2ccccc2o1. The Hall–Kier alpha value is -2.29. The van der Waals surface area contributed by atoms with Crippen molar-refractivity contribution in [1.82, 2.24) is 0 Å². The topological polar surface area (TPSA) is 22.4 Å². The Kier molecular flexibility index (Phi) is 2.73. The van der Waals surface area contributed by atoms with Gasteiger partial charge in [0.05, 0.1) is 0 Å². The first-order chi connectivity index (χ1) is 8.83. The molecule has 3 rings (SSSR count). The fourth-order valence-corrected chi connectivity index (χ4v) is 1.82. The number of para-hydroxylation sites is 2. The number of hydrogen-bond donors (Lipinski definition) is 0. The Bertz CT molecular complexity index is 640. The van der Waals surface area contributed by atoms with E-state index in [1.54, 1.807) is 18.2 Å². The summed E-state index contributed by atoms with van der Waals surface area (Å²) in [5.74, 6) is 0.547. The van der Waals surface area contributed by atoms with Crippen LogP contribution in [0.2, 0.25) is 0 Å². The lowest BCUT2D eigenvalue weighted by Gasteiger charge is -2.04. The summed E-state index contributed by atoms with van der Waals surface area (Å²) < 4.78 is 24.3. The molecule has 1 heterocycles. The molecule has 1 aromatic heterocycles. The summed E-state index contributed by atoms with van der Waals surface area (Å²) in [7, 11) is 0. The first kappa shape index (κ1) is 10.8. The quantitative estimate of drug-likeness (QED) is 0.688. The molecule has 0 N–H and O–H groups in total. The van der Waals surface area contributed by atoms with Crippen LogP contribution in [0.15, 0.2) is 59.0 Å². The zero-order valence-electron chi connectivity index (χ0n) is 9.60. The van der Waals surface area contributed by atoms with E-state index in [-0.39, 0.29) is 18.2 Å². The van der Waals surface area contributed by atoms with Crippen molar-refractivity contribution in [3.63, 3.8) is 0 Å². The number of rotatable bonds is 3. The zero-order valence-corrected chi connectivity index (χ0v) is 9.60. The molecule has 0 spiro atoms. The molecular formula is C15H11FO2. The van der Waals surface area contributed by atoms with E-state index in [2.05, 4.69) is 0 Å². The maximum Gasteiger partial charge on any atom is 0.165 e. The van der Waals surface area contributed by atoms with Crippen molar-refractivity contribution in [2.24, 2.45) is 0 Å². The van der Waals surface area contributed by atoms with Crippen LogP contribution in [0.25, 0.3) is 11.0 Å². The molecule has 18 heavy (non-hydrogen) atoms. The largest absolute Gasteiger partial charge is 0.483 e. The number of benzene rings is 2. The van der Waals surface area contributed by atoms with E-state index in [4.69, 9.17) is 9.15 Å². The Morgan fingerprint density at radius 3 is 2.61 bits per heavy atom. The van der Waals surface area contributed by atoms with Gasteiger partial charge in [0, 0.05) is 5.39 Å². The van der Waals surface area contributed by atoms with Gasteiger partial charge in [-0.1, -0.05) is 30.3 Å². The number of ether oxygens (including phenoxy) is 1. The van der Waals surface area contributed by atoms with Gasteiger partial charge in [0.1, 0.15) is 18.0 Å². The zero-order chi connectivity index (χ0) is 12.4. The van der Waals surface area contributed by atoms with Crippen LogP contribution < -0.4 is 4.74 Å². The molecule has 90 valence electrons. The third kappa shape index (κ3) is 2.07. The van der Waals surface area contributed by atoms with Crippen LogP contribution in [-0.2, 0) is 6.61 Å². The van der Waals surface area contributed by atoms with E-state index >= 15 is 0 Å². The van der Waals surface area contributed by atoms with Crippen LogP contribution in [0.1, 0.15) is 5.76 Å². The first-order valence-corrected chi connectivity index (χ1v) is 5.68. The molecule has 3 heteroatoms. The summed E-state index contributed by atoms with van der Waals surface area (Å²) >= 11 is 0. The van der Waals surface area contributed by atoms with Crippen LogP contribution in [-0.4, -0.2) is 0 Å². The fourth-order valence-electron chi connectivity index (χ4n) is 1.82. The predicted molar refractivity (Wildman–Crippen MR) is 66.9 cm³/mol. The Morgan fingerprint density at radius 1 is 1.00 bits per heavy atom. The molecule has 0 atom stereocenters. The second-order valence-electron chi connectivity index (χ2n) is 3.97. The van der Waals surface area contributed by atoms with Gasteiger partial charge < -0.3 is 9.15 Å². The normalized spacial score (nSPS) is 10.7. The molecule has 0 radical (unpaired) electrons. The lowest BCUT2D eigenvalue weighted by atomic mass is 10.2. The van der Waals surface area contributed by atoms with Crippen LogP contribution in [0.5, 0.6) is 5.75 Å². The molecule has 0 aliphatic carbocycles. The van der Waals surface area contributed by atoms with Crippen LogP contribution >= 0.6 is 0 Å². The highest BCUT2D eigenvalue weighted by atomic mass is 19.1. The molecule has 0 aliphatic heterocycles. The molecule has 2 aromatic carbocycles. The van der Waals surface area contributed by atoms with Gasteiger partial charge in [0.15, 0.2) is 11.6 Å². The lowest BCUT2D eigenvalue weighted by Crippen LogP contribution is -1.95. The highest BCUT2D eigenvalue weighted by Gasteiger charge is 2.06. The molecule has 0 fully saturated rings. The van der Waals surface area contributed by atoms with Crippen molar-refractivity contribution in [2.75, 3.05) is 0 Å². The molecule has 3 aromatic rings. The summed E-state index contributed by atoms with van der Waals surface area (Å²) in [5, 5.41) is 1.02. The minimum atomic E-state index is -0.367. The maximum absolute atomic E-state index is 13.3. The van der Waals surface area contributed by atoms with Crippen molar-refractivity contribution in [3.8, 4) is 5.75 Å². The number of halogens is 1. The molecule has 0 amide bonds. The predicted octanol–water partition coefficient (Wildman–Crippen LogP) is 4.15. The summed E-state index contributed by atoms with van der Waals surface area (Å²) in [6.07, 6.45) is 0. The van der Waals surface area contributed by atoms with Crippen molar-refractivity contribution in [1.29, 1.82) is 0 Å². The third-order valence-corrected chi connectivity index (χ3v) is 2.68. The molecule has 0 bridgehead atoms. The summed E-state index contributed by atoms with van der Waals surface area (Å²) in [6.45, 7) is 0.218. The second kappa shape index (κ2) is 4.53. The monoisotopic (exact) mass is 242 g/mol. The third-order valence-electron chi connectivity index (χ3n) is 2.68. The van der Waals surface area contributed by atoms with Crippen molar-refractivity contribution < 1.29 is 13.5 Å².